The number of rotatable bonds is 1. The van der Waals surface area contributed by atoms with Crippen molar-refractivity contribution in [3.8, 4) is 17.6 Å². The van der Waals surface area contributed by atoms with Crippen molar-refractivity contribution in [2.45, 2.75) is 0 Å². The minimum atomic E-state index is -0.0589. The molecule has 0 aliphatic heterocycles. The van der Waals surface area contributed by atoms with Crippen molar-refractivity contribution < 1.29 is 9.90 Å². The number of carbonyl (C=O) groups is 1. The number of benzene rings is 1. The summed E-state index contributed by atoms with van der Waals surface area (Å²) in [6.45, 7) is 0. The summed E-state index contributed by atoms with van der Waals surface area (Å²) in [6.07, 6.45) is 0.591. The van der Waals surface area contributed by atoms with Crippen LogP contribution in [0.25, 0.3) is 0 Å². The van der Waals surface area contributed by atoms with Gasteiger partial charge in [-0.05, 0) is 18.2 Å². The van der Waals surface area contributed by atoms with Crippen LogP contribution in [0.3, 0.4) is 0 Å². The first-order valence-electron chi connectivity index (χ1n) is 3.61. The van der Waals surface area contributed by atoms with Crippen LogP contribution in [0.5, 0.6) is 5.75 Å². The molecule has 1 rings (SSSR count). The van der Waals surface area contributed by atoms with Crippen LogP contribution in [0.4, 0.5) is 0 Å². The fourth-order valence-electron chi connectivity index (χ4n) is 0.857. The Morgan fingerprint density at radius 1 is 1.54 bits per heavy atom. The van der Waals surface area contributed by atoms with E-state index >= 15 is 0 Å². The topological polar surface area (TPSA) is 37.3 Å². The maximum Gasteiger partial charge on any atom is 0.153 e. The second-order valence-corrected chi connectivity index (χ2v) is 2.59. The number of phenolic OH excluding ortho intramolecular Hbond substituents is 1. The van der Waals surface area contributed by atoms with Crippen molar-refractivity contribution in [3.63, 3.8) is 0 Å². The molecule has 0 radical (unpaired) electrons. The van der Waals surface area contributed by atoms with E-state index in [0.29, 0.717) is 11.8 Å². The van der Waals surface area contributed by atoms with Crippen LogP contribution < -0.4 is 0 Å². The lowest BCUT2D eigenvalue weighted by Crippen LogP contribution is -1.82. The number of hydrogen-bond acceptors (Lipinski definition) is 2. The predicted molar refractivity (Wildman–Crippen MR) is 51.1 cm³/mol. The summed E-state index contributed by atoms with van der Waals surface area (Å²) in [7, 11) is 0. The molecular formula is C10H7ClO2. The summed E-state index contributed by atoms with van der Waals surface area (Å²) < 4.78 is 0. The molecule has 0 unspecified atom stereocenters. The molecule has 0 heterocycles. The van der Waals surface area contributed by atoms with Gasteiger partial charge in [-0.3, -0.25) is 4.79 Å². The van der Waals surface area contributed by atoms with Crippen LogP contribution in [-0.4, -0.2) is 17.3 Å². The summed E-state index contributed by atoms with van der Waals surface area (Å²) in [5.74, 6) is 5.56. The highest BCUT2D eigenvalue weighted by atomic mass is 35.5. The van der Waals surface area contributed by atoms with Crippen molar-refractivity contribution in [1.82, 2.24) is 0 Å². The standard InChI is InChI=1S/C10H7ClO2/c11-5-1-2-8-3-4-9(7-12)10(13)6-8/h3-4,6-7,13H,5H2. The largest absolute Gasteiger partial charge is 0.507 e. The molecule has 0 amide bonds. The van der Waals surface area contributed by atoms with E-state index < -0.39 is 0 Å². The normalized spacial score (nSPS) is 8.69. The Hall–Kier alpha value is -1.46. The van der Waals surface area contributed by atoms with Gasteiger partial charge in [0.25, 0.3) is 0 Å². The molecular weight excluding hydrogens is 188 g/mol. The fraction of sp³-hybridized carbons (Fsp3) is 0.100. The zero-order valence-electron chi connectivity index (χ0n) is 6.75. The van der Waals surface area contributed by atoms with Crippen LogP contribution in [0, 0.1) is 11.8 Å². The third-order valence-corrected chi connectivity index (χ3v) is 1.59. The SMILES string of the molecule is O=Cc1ccc(C#CCCl)cc1O. The lowest BCUT2D eigenvalue weighted by molar-refractivity contribution is 0.112. The molecule has 0 spiro atoms. The molecule has 13 heavy (non-hydrogen) atoms. The van der Waals surface area contributed by atoms with Gasteiger partial charge in [0.05, 0.1) is 11.4 Å². The van der Waals surface area contributed by atoms with Crippen LogP contribution in [0.2, 0.25) is 0 Å². The third-order valence-electron chi connectivity index (χ3n) is 1.46. The molecule has 0 saturated carbocycles. The lowest BCUT2D eigenvalue weighted by Gasteiger charge is -1.96. The van der Waals surface area contributed by atoms with Crippen molar-refractivity contribution in [2.24, 2.45) is 0 Å². The second kappa shape index (κ2) is 4.54. The van der Waals surface area contributed by atoms with Gasteiger partial charge in [0.2, 0.25) is 0 Å². The molecule has 0 fully saturated rings. The summed E-state index contributed by atoms with van der Waals surface area (Å²) >= 11 is 5.36. The zero-order valence-corrected chi connectivity index (χ0v) is 7.51. The van der Waals surface area contributed by atoms with Gasteiger partial charge in [0.1, 0.15) is 5.75 Å². The molecule has 1 N–H and O–H groups in total. The number of phenols is 1. The molecule has 0 aliphatic rings. The third kappa shape index (κ3) is 2.50. The Balaban J connectivity index is 3.02. The minimum absolute atomic E-state index is 0.0589. The van der Waals surface area contributed by atoms with Gasteiger partial charge in [0.15, 0.2) is 6.29 Å². The van der Waals surface area contributed by atoms with Gasteiger partial charge >= 0.3 is 0 Å². The van der Waals surface area contributed by atoms with Gasteiger partial charge in [-0.25, -0.2) is 0 Å². The molecule has 0 aliphatic carbocycles. The van der Waals surface area contributed by atoms with E-state index in [1.165, 1.54) is 12.1 Å². The van der Waals surface area contributed by atoms with Gasteiger partial charge in [0, 0.05) is 5.56 Å². The van der Waals surface area contributed by atoms with Crippen LogP contribution in [0.1, 0.15) is 15.9 Å². The van der Waals surface area contributed by atoms with E-state index in [2.05, 4.69) is 11.8 Å². The molecule has 3 heteroatoms. The average Bonchev–Trinajstić information content (AvgIpc) is 2.15. The number of halogens is 1. The van der Waals surface area contributed by atoms with E-state index in [4.69, 9.17) is 11.6 Å². The van der Waals surface area contributed by atoms with Crippen molar-refractivity contribution in [2.75, 3.05) is 5.88 Å². The average molecular weight is 195 g/mol. The van der Waals surface area contributed by atoms with Crippen molar-refractivity contribution in [1.29, 1.82) is 0 Å². The summed E-state index contributed by atoms with van der Waals surface area (Å²) in [5.41, 5.74) is 0.903. The van der Waals surface area contributed by atoms with Crippen LogP contribution >= 0.6 is 11.6 Å². The zero-order chi connectivity index (χ0) is 9.68. The summed E-state index contributed by atoms with van der Waals surface area (Å²) in [6, 6.07) is 4.60. The lowest BCUT2D eigenvalue weighted by atomic mass is 10.1. The van der Waals surface area contributed by atoms with Gasteiger partial charge in [-0.1, -0.05) is 11.8 Å². The Morgan fingerprint density at radius 2 is 2.31 bits per heavy atom. The molecule has 0 aromatic heterocycles. The highest BCUT2D eigenvalue weighted by molar-refractivity contribution is 6.19. The summed E-state index contributed by atoms with van der Waals surface area (Å²) in [5, 5.41) is 9.26. The van der Waals surface area contributed by atoms with Crippen LogP contribution in [-0.2, 0) is 0 Å². The molecule has 2 nitrogen and oxygen atoms in total. The first-order valence-corrected chi connectivity index (χ1v) is 4.14. The number of alkyl halides is 1. The Kier molecular flexibility index (Phi) is 3.36. The number of carbonyl (C=O) groups excluding carboxylic acids is 1. The van der Waals surface area contributed by atoms with Gasteiger partial charge in [-0.2, -0.15) is 0 Å². The first-order chi connectivity index (χ1) is 6.27. The van der Waals surface area contributed by atoms with Gasteiger partial charge < -0.3 is 5.11 Å². The molecule has 0 saturated heterocycles. The van der Waals surface area contributed by atoms with Crippen molar-refractivity contribution in [3.05, 3.63) is 29.3 Å². The van der Waals surface area contributed by atoms with E-state index in [9.17, 15) is 9.90 Å². The Bertz CT molecular complexity index is 374. The summed E-state index contributed by atoms with van der Waals surface area (Å²) in [4.78, 5) is 10.3. The predicted octanol–water partition coefficient (Wildman–Crippen LogP) is 1.79. The highest BCUT2D eigenvalue weighted by Gasteiger charge is 1.98. The maximum atomic E-state index is 10.3. The molecule has 1 aromatic carbocycles. The van der Waals surface area contributed by atoms with E-state index in [0.717, 1.165) is 0 Å². The fourth-order valence-corrected chi connectivity index (χ4v) is 0.923. The molecule has 0 bridgehead atoms. The van der Waals surface area contributed by atoms with E-state index in [-0.39, 0.29) is 17.2 Å². The first kappa shape index (κ1) is 9.63. The monoisotopic (exact) mass is 194 g/mol. The maximum absolute atomic E-state index is 10.3. The Morgan fingerprint density at radius 3 is 2.85 bits per heavy atom. The number of aldehydes is 1. The van der Waals surface area contributed by atoms with Crippen molar-refractivity contribution >= 4 is 17.9 Å². The molecule has 0 atom stereocenters. The number of hydrogen-bond donors (Lipinski definition) is 1. The number of aromatic hydroxyl groups is 1. The molecule has 1 aromatic rings. The Labute approximate surface area is 81.1 Å². The highest BCUT2D eigenvalue weighted by Crippen LogP contribution is 2.15. The van der Waals surface area contributed by atoms with E-state index in [1.54, 1.807) is 6.07 Å². The molecule has 66 valence electrons. The minimum Gasteiger partial charge on any atom is -0.507 e. The smallest absolute Gasteiger partial charge is 0.153 e. The van der Waals surface area contributed by atoms with Gasteiger partial charge in [-0.15, -0.1) is 11.6 Å². The van der Waals surface area contributed by atoms with Crippen LogP contribution in [0.15, 0.2) is 18.2 Å². The second-order valence-electron chi connectivity index (χ2n) is 2.33. The van der Waals surface area contributed by atoms with E-state index in [1.807, 2.05) is 0 Å². The quantitative estimate of drug-likeness (QED) is 0.421.